The maximum atomic E-state index is 12.8. The third kappa shape index (κ3) is 4.76. The van der Waals surface area contributed by atoms with Gasteiger partial charge in [0.25, 0.3) is 5.91 Å². The molecule has 1 N–H and O–H groups in total. The molecule has 28 heavy (non-hydrogen) atoms. The minimum atomic E-state index is -0.0684. The lowest BCUT2D eigenvalue weighted by molar-refractivity contribution is 0.0757. The van der Waals surface area contributed by atoms with E-state index in [-0.39, 0.29) is 12.0 Å². The van der Waals surface area contributed by atoms with E-state index in [1.54, 1.807) is 0 Å². The van der Waals surface area contributed by atoms with Gasteiger partial charge in [-0.1, -0.05) is 48.0 Å². The molecule has 0 spiro atoms. The lowest BCUT2D eigenvalue weighted by atomic mass is 9.98. The van der Waals surface area contributed by atoms with Gasteiger partial charge in [-0.25, -0.2) is 0 Å². The second-order valence-electron chi connectivity index (χ2n) is 7.41. The van der Waals surface area contributed by atoms with Crippen LogP contribution in [0, 0.1) is 13.8 Å². The first-order valence-electron chi connectivity index (χ1n) is 9.83. The lowest BCUT2D eigenvalue weighted by Gasteiger charge is -2.12. The molecule has 0 saturated heterocycles. The van der Waals surface area contributed by atoms with Crippen LogP contribution in [-0.2, 0) is 4.74 Å². The number of nitrogens with zero attached hydrogens (tertiary/aromatic N) is 1. The van der Waals surface area contributed by atoms with Gasteiger partial charge in [0.05, 0.1) is 17.2 Å². The average molecular weight is 377 g/mol. The molecule has 3 rings (SSSR count). The van der Waals surface area contributed by atoms with Crippen LogP contribution in [0.15, 0.2) is 48.5 Å². The van der Waals surface area contributed by atoms with E-state index >= 15 is 0 Å². The van der Waals surface area contributed by atoms with E-state index in [4.69, 9.17) is 9.72 Å². The molecule has 1 amide bonds. The van der Waals surface area contributed by atoms with E-state index in [2.05, 4.69) is 42.6 Å². The second kappa shape index (κ2) is 8.98. The van der Waals surface area contributed by atoms with Crippen molar-refractivity contribution in [2.45, 2.75) is 40.2 Å². The van der Waals surface area contributed by atoms with Crippen LogP contribution >= 0.6 is 0 Å². The fraction of sp³-hybridized carbons (Fsp3) is 0.333. The minimum Gasteiger partial charge on any atom is -0.379 e. The van der Waals surface area contributed by atoms with Crippen molar-refractivity contribution in [3.05, 3.63) is 65.4 Å². The highest BCUT2D eigenvalue weighted by Crippen LogP contribution is 2.29. The SMILES string of the molecule is Cc1ccc(-c2cccc3c(C(=O)NCCCOC(C)C)cc(C)nc23)cc1. The molecule has 0 saturated carbocycles. The van der Waals surface area contributed by atoms with Gasteiger partial charge >= 0.3 is 0 Å². The van der Waals surface area contributed by atoms with E-state index in [1.807, 2.05) is 39.0 Å². The smallest absolute Gasteiger partial charge is 0.252 e. The van der Waals surface area contributed by atoms with E-state index in [0.29, 0.717) is 18.7 Å². The molecule has 0 atom stereocenters. The molecule has 2 aromatic carbocycles. The van der Waals surface area contributed by atoms with Gasteiger partial charge in [0.15, 0.2) is 0 Å². The molecule has 1 aromatic heterocycles. The number of benzene rings is 2. The average Bonchev–Trinajstić information content (AvgIpc) is 2.67. The molecule has 0 aliphatic carbocycles. The van der Waals surface area contributed by atoms with E-state index < -0.39 is 0 Å². The van der Waals surface area contributed by atoms with Gasteiger partial charge in [0.2, 0.25) is 0 Å². The fourth-order valence-electron chi connectivity index (χ4n) is 3.22. The molecule has 3 aromatic rings. The van der Waals surface area contributed by atoms with Crippen LogP contribution in [-0.4, -0.2) is 30.1 Å². The molecule has 0 radical (unpaired) electrons. The van der Waals surface area contributed by atoms with Gasteiger partial charge in [0.1, 0.15) is 0 Å². The summed E-state index contributed by atoms with van der Waals surface area (Å²) in [5.74, 6) is -0.0684. The number of carbonyl (C=O) groups excluding carboxylic acids is 1. The number of carbonyl (C=O) groups is 1. The zero-order chi connectivity index (χ0) is 20.1. The monoisotopic (exact) mass is 376 g/mol. The lowest BCUT2D eigenvalue weighted by Crippen LogP contribution is -2.26. The van der Waals surface area contributed by atoms with Crippen molar-refractivity contribution in [1.82, 2.24) is 10.3 Å². The maximum Gasteiger partial charge on any atom is 0.252 e. The molecule has 4 heteroatoms. The van der Waals surface area contributed by atoms with Crippen LogP contribution < -0.4 is 5.32 Å². The molecule has 0 aliphatic heterocycles. The molecule has 0 bridgehead atoms. The largest absolute Gasteiger partial charge is 0.379 e. The van der Waals surface area contributed by atoms with Gasteiger partial charge in [-0.3, -0.25) is 9.78 Å². The highest BCUT2D eigenvalue weighted by atomic mass is 16.5. The quantitative estimate of drug-likeness (QED) is 0.586. The van der Waals surface area contributed by atoms with Crippen molar-refractivity contribution >= 4 is 16.8 Å². The Labute approximate surface area is 166 Å². The Hall–Kier alpha value is -2.72. The number of hydrogen-bond acceptors (Lipinski definition) is 3. The second-order valence-corrected chi connectivity index (χ2v) is 7.41. The highest BCUT2D eigenvalue weighted by molar-refractivity contribution is 6.09. The van der Waals surface area contributed by atoms with E-state index in [1.165, 1.54) is 5.56 Å². The first kappa shape index (κ1) is 20.0. The summed E-state index contributed by atoms with van der Waals surface area (Å²) in [5, 5.41) is 3.89. The third-order valence-corrected chi connectivity index (χ3v) is 4.63. The number of nitrogens with one attached hydrogen (secondary N) is 1. The molecule has 0 unspecified atom stereocenters. The van der Waals surface area contributed by atoms with Gasteiger partial charge in [0, 0.05) is 29.8 Å². The van der Waals surface area contributed by atoms with Crippen molar-refractivity contribution in [3.63, 3.8) is 0 Å². The molecule has 146 valence electrons. The number of aromatic nitrogens is 1. The van der Waals surface area contributed by atoms with Gasteiger partial charge < -0.3 is 10.1 Å². The first-order chi connectivity index (χ1) is 13.5. The summed E-state index contributed by atoms with van der Waals surface area (Å²) in [7, 11) is 0. The number of para-hydroxylation sites is 1. The standard InChI is InChI=1S/C24H28N2O2/c1-16(2)28-14-6-13-25-24(27)22-15-18(4)26-23-20(7-5-8-21(22)23)19-11-9-17(3)10-12-19/h5,7-12,15-16H,6,13-14H2,1-4H3,(H,25,27). The number of pyridine rings is 1. The van der Waals surface area contributed by atoms with Crippen LogP contribution in [0.3, 0.4) is 0 Å². The van der Waals surface area contributed by atoms with Crippen molar-refractivity contribution in [2.75, 3.05) is 13.2 Å². The van der Waals surface area contributed by atoms with E-state index in [9.17, 15) is 4.79 Å². The van der Waals surface area contributed by atoms with Crippen molar-refractivity contribution in [1.29, 1.82) is 0 Å². The highest BCUT2D eigenvalue weighted by Gasteiger charge is 2.14. The van der Waals surface area contributed by atoms with E-state index in [0.717, 1.165) is 34.1 Å². The summed E-state index contributed by atoms with van der Waals surface area (Å²) in [6.45, 7) is 9.26. The molecule has 0 fully saturated rings. The normalized spacial score (nSPS) is 11.2. The zero-order valence-electron chi connectivity index (χ0n) is 17.1. The number of rotatable bonds is 7. The Balaban J connectivity index is 1.88. The minimum absolute atomic E-state index is 0.0684. The van der Waals surface area contributed by atoms with Gasteiger partial charge in [-0.05, 0) is 45.7 Å². The number of ether oxygens (including phenoxy) is 1. The van der Waals surface area contributed by atoms with Gasteiger partial charge in [-0.2, -0.15) is 0 Å². The van der Waals surface area contributed by atoms with Crippen molar-refractivity contribution in [3.8, 4) is 11.1 Å². The number of fused-ring (bicyclic) bond motifs is 1. The Morgan fingerprint density at radius 3 is 2.57 bits per heavy atom. The number of aryl methyl sites for hydroxylation is 2. The van der Waals surface area contributed by atoms with Gasteiger partial charge in [-0.15, -0.1) is 0 Å². The van der Waals surface area contributed by atoms with Crippen LogP contribution in [0.2, 0.25) is 0 Å². The summed E-state index contributed by atoms with van der Waals surface area (Å²) in [6, 6.07) is 16.3. The Morgan fingerprint density at radius 1 is 1.11 bits per heavy atom. The van der Waals surface area contributed by atoms with Crippen LogP contribution in [0.1, 0.15) is 41.9 Å². The van der Waals surface area contributed by atoms with Crippen LogP contribution in [0.25, 0.3) is 22.0 Å². The summed E-state index contributed by atoms with van der Waals surface area (Å²) in [5.41, 5.74) is 5.72. The summed E-state index contributed by atoms with van der Waals surface area (Å²) in [4.78, 5) is 17.6. The summed E-state index contributed by atoms with van der Waals surface area (Å²) >= 11 is 0. The van der Waals surface area contributed by atoms with Crippen molar-refractivity contribution in [2.24, 2.45) is 0 Å². The fourth-order valence-corrected chi connectivity index (χ4v) is 3.22. The number of amides is 1. The number of hydrogen-bond donors (Lipinski definition) is 1. The molecule has 4 nitrogen and oxygen atoms in total. The van der Waals surface area contributed by atoms with Crippen molar-refractivity contribution < 1.29 is 9.53 Å². The predicted molar refractivity (Wildman–Crippen MR) is 115 cm³/mol. The molecule has 1 heterocycles. The third-order valence-electron chi connectivity index (χ3n) is 4.63. The Kier molecular flexibility index (Phi) is 6.42. The van der Waals surface area contributed by atoms with Crippen LogP contribution in [0.4, 0.5) is 0 Å². The molecular weight excluding hydrogens is 348 g/mol. The Bertz CT molecular complexity index is 962. The topological polar surface area (TPSA) is 51.2 Å². The summed E-state index contributed by atoms with van der Waals surface area (Å²) in [6.07, 6.45) is 1.00. The zero-order valence-corrected chi connectivity index (χ0v) is 17.1. The van der Waals surface area contributed by atoms with Crippen LogP contribution in [0.5, 0.6) is 0 Å². The first-order valence-corrected chi connectivity index (χ1v) is 9.83. The maximum absolute atomic E-state index is 12.8. The summed E-state index contributed by atoms with van der Waals surface area (Å²) < 4.78 is 5.53. The predicted octanol–water partition coefficient (Wildman–Crippen LogP) is 5.06. The Morgan fingerprint density at radius 2 is 1.86 bits per heavy atom. The molecule has 0 aliphatic rings. The molecular formula is C24H28N2O2.